The van der Waals surface area contributed by atoms with Crippen LogP contribution in [0.1, 0.15) is 43.0 Å². The number of esters is 1. The minimum absolute atomic E-state index is 0.000135. The molecule has 2 aliphatic rings. The molecule has 1 aromatic rings. The summed E-state index contributed by atoms with van der Waals surface area (Å²) in [7, 11) is 1.11. The molecule has 0 spiro atoms. The van der Waals surface area contributed by atoms with Crippen molar-refractivity contribution in [3.05, 3.63) is 37.9 Å². The number of non-ortho nitro benzene ring substituents is 1. The minimum atomic E-state index is -0.887. The fourth-order valence-electron chi connectivity index (χ4n) is 4.28. The average Bonchev–Trinajstić information content (AvgIpc) is 2.77. The number of nitro groups is 2. The van der Waals surface area contributed by atoms with Gasteiger partial charge < -0.3 is 14.5 Å². The first-order chi connectivity index (χ1) is 14.7. The lowest BCUT2D eigenvalue weighted by Gasteiger charge is -2.37. The molecule has 168 valence electrons. The summed E-state index contributed by atoms with van der Waals surface area (Å²) in [5.74, 6) is -0.339. The van der Waals surface area contributed by atoms with Crippen LogP contribution < -0.4 is 4.90 Å². The zero-order valence-electron chi connectivity index (χ0n) is 17.6. The van der Waals surface area contributed by atoms with Gasteiger partial charge in [0.15, 0.2) is 0 Å². The lowest BCUT2D eigenvalue weighted by atomic mass is 9.92. The number of nitrogens with zero attached hydrogens (tertiary/aromatic N) is 4. The highest BCUT2D eigenvalue weighted by Gasteiger charge is 2.35. The van der Waals surface area contributed by atoms with Crippen molar-refractivity contribution in [1.82, 2.24) is 4.90 Å². The molecule has 2 fully saturated rings. The molecule has 3 rings (SSSR count). The number of methoxy groups -OCH3 is 1. The van der Waals surface area contributed by atoms with E-state index in [0.717, 1.165) is 45.2 Å². The molecule has 0 unspecified atom stereocenters. The molecule has 11 nitrogen and oxygen atoms in total. The normalized spacial score (nSPS) is 18.0. The molecular formula is C20H26N4O7. The molecule has 0 radical (unpaired) electrons. The van der Waals surface area contributed by atoms with E-state index in [9.17, 15) is 29.8 Å². The van der Waals surface area contributed by atoms with Gasteiger partial charge in [0.05, 0.1) is 28.6 Å². The highest BCUT2D eigenvalue weighted by molar-refractivity contribution is 5.99. The third-order valence-corrected chi connectivity index (χ3v) is 6.14. The van der Waals surface area contributed by atoms with Crippen molar-refractivity contribution < 1.29 is 24.2 Å². The predicted octanol–water partition coefficient (Wildman–Crippen LogP) is 2.76. The maximum atomic E-state index is 12.9. The zero-order chi connectivity index (χ0) is 22.7. The maximum absolute atomic E-state index is 12.9. The van der Waals surface area contributed by atoms with E-state index in [-0.39, 0.29) is 23.1 Å². The van der Waals surface area contributed by atoms with Gasteiger partial charge in [-0.05, 0) is 31.6 Å². The Balaban J connectivity index is 1.83. The molecule has 0 saturated carbocycles. The summed E-state index contributed by atoms with van der Waals surface area (Å²) in [5.41, 5.74) is -1.30. The molecule has 0 atom stereocenters. The van der Waals surface area contributed by atoms with E-state index in [2.05, 4.69) is 6.92 Å². The summed E-state index contributed by atoms with van der Waals surface area (Å²) in [6, 6.07) is 1.86. The Bertz CT molecular complexity index is 888. The van der Waals surface area contributed by atoms with E-state index in [0.29, 0.717) is 31.8 Å². The first-order valence-corrected chi connectivity index (χ1v) is 10.3. The van der Waals surface area contributed by atoms with Crippen molar-refractivity contribution in [3.8, 4) is 0 Å². The molecule has 2 heterocycles. The number of amides is 1. The number of hydrogen-bond acceptors (Lipinski definition) is 8. The number of rotatable bonds is 5. The summed E-state index contributed by atoms with van der Waals surface area (Å²) in [6.07, 6.45) is 2.95. The van der Waals surface area contributed by atoms with E-state index in [4.69, 9.17) is 4.74 Å². The van der Waals surface area contributed by atoms with Crippen molar-refractivity contribution in [2.45, 2.75) is 32.6 Å². The number of likely N-dealkylation sites (tertiary alicyclic amines) is 1. The molecular weight excluding hydrogens is 408 g/mol. The quantitative estimate of drug-likeness (QED) is 0.392. The molecule has 0 aliphatic carbocycles. The van der Waals surface area contributed by atoms with Gasteiger partial charge in [0.1, 0.15) is 5.69 Å². The van der Waals surface area contributed by atoms with Crippen LogP contribution in [0.5, 0.6) is 0 Å². The van der Waals surface area contributed by atoms with Gasteiger partial charge in [0, 0.05) is 38.2 Å². The topological polar surface area (TPSA) is 136 Å². The molecule has 11 heteroatoms. The Hall–Kier alpha value is -3.24. The van der Waals surface area contributed by atoms with Crippen LogP contribution in [0.4, 0.5) is 17.1 Å². The van der Waals surface area contributed by atoms with Gasteiger partial charge >= 0.3 is 5.97 Å². The van der Waals surface area contributed by atoms with Crippen molar-refractivity contribution in [3.63, 3.8) is 0 Å². The third-order valence-electron chi connectivity index (χ3n) is 6.14. The predicted molar refractivity (Wildman–Crippen MR) is 111 cm³/mol. The maximum Gasteiger partial charge on any atom is 0.340 e. The standard InChI is InChI=1S/C20H26N4O7/c1-13-3-7-22(8-4-13)19(25)14-5-9-21(10-6-14)18-16(20(26)31-2)11-15(23(27)28)12-17(18)24(29)30/h11-14H,3-10H2,1-2H3. The van der Waals surface area contributed by atoms with Gasteiger partial charge in [0.2, 0.25) is 5.91 Å². The van der Waals surface area contributed by atoms with Crippen LogP contribution in [-0.4, -0.2) is 59.9 Å². The molecule has 31 heavy (non-hydrogen) atoms. The van der Waals surface area contributed by atoms with Crippen LogP contribution in [0.25, 0.3) is 0 Å². The summed E-state index contributed by atoms with van der Waals surface area (Å²) < 4.78 is 4.71. The van der Waals surface area contributed by atoms with Gasteiger partial charge in [-0.25, -0.2) is 4.79 Å². The van der Waals surface area contributed by atoms with Crippen LogP contribution in [-0.2, 0) is 9.53 Å². The number of carbonyl (C=O) groups excluding carboxylic acids is 2. The number of nitro benzene ring substituents is 2. The Labute approximate surface area is 179 Å². The summed E-state index contributed by atoms with van der Waals surface area (Å²) in [4.78, 5) is 50.0. The highest BCUT2D eigenvalue weighted by atomic mass is 16.6. The van der Waals surface area contributed by atoms with E-state index < -0.39 is 27.2 Å². The van der Waals surface area contributed by atoms with E-state index in [1.807, 2.05) is 4.90 Å². The molecule has 0 aromatic heterocycles. The Morgan fingerprint density at radius 2 is 1.61 bits per heavy atom. The number of anilines is 1. The lowest BCUT2D eigenvalue weighted by Crippen LogP contribution is -2.45. The number of carbonyl (C=O) groups is 2. The Morgan fingerprint density at radius 3 is 2.13 bits per heavy atom. The van der Waals surface area contributed by atoms with Gasteiger partial charge in [0.25, 0.3) is 11.4 Å². The van der Waals surface area contributed by atoms with Crippen LogP contribution in [0.2, 0.25) is 0 Å². The second-order valence-electron chi connectivity index (χ2n) is 8.14. The third kappa shape index (κ3) is 4.75. The van der Waals surface area contributed by atoms with Crippen molar-refractivity contribution in [1.29, 1.82) is 0 Å². The fourth-order valence-corrected chi connectivity index (χ4v) is 4.28. The Morgan fingerprint density at radius 1 is 1.00 bits per heavy atom. The largest absolute Gasteiger partial charge is 0.465 e. The number of hydrogen-bond donors (Lipinski definition) is 0. The van der Waals surface area contributed by atoms with Crippen molar-refractivity contribution in [2.75, 3.05) is 38.2 Å². The van der Waals surface area contributed by atoms with E-state index in [1.54, 1.807) is 4.90 Å². The minimum Gasteiger partial charge on any atom is -0.465 e. The van der Waals surface area contributed by atoms with Crippen molar-refractivity contribution in [2.24, 2.45) is 11.8 Å². The van der Waals surface area contributed by atoms with Crippen LogP contribution >= 0.6 is 0 Å². The van der Waals surface area contributed by atoms with Crippen molar-refractivity contribution >= 4 is 28.9 Å². The molecule has 0 bridgehead atoms. The zero-order valence-corrected chi connectivity index (χ0v) is 17.6. The smallest absolute Gasteiger partial charge is 0.340 e. The van der Waals surface area contributed by atoms with Gasteiger partial charge in [-0.3, -0.25) is 25.0 Å². The molecule has 0 N–H and O–H groups in total. The average molecular weight is 434 g/mol. The molecule has 2 saturated heterocycles. The highest BCUT2D eigenvalue weighted by Crippen LogP contribution is 2.39. The number of benzene rings is 1. The second-order valence-corrected chi connectivity index (χ2v) is 8.14. The molecule has 2 aliphatic heterocycles. The van der Waals surface area contributed by atoms with Gasteiger partial charge in [-0.1, -0.05) is 6.92 Å². The van der Waals surface area contributed by atoms with Gasteiger partial charge in [-0.15, -0.1) is 0 Å². The van der Waals surface area contributed by atoms with E-state index in [1.165, 1.54) is 0 Å². The summed E-state index contributed by atoms with van der Waals surface area (Å²) in [6.45, 7) is 4.32. The second kappa shape index (κ2) is 9.27. The fraction of sp³-hybridized carbons (Fsp3) is 0.600. The van der Waals surface area contributed by atoms with Gasteiger partial charge in [-0.2, -0.15) is 0 Å². The number of piperidine rings is 2. The number of ether oxygens (including phenoxy) is 1. The monoisotopic (exact) mass is 434 g/mol. The molecule has 1 amide bonds. The Kier molecular flexibility index (Phi) is 6.71. The first-order valence-electron chi connectivity index (χ1n) is 10.3. The van der Waals surface area contributed by atoms with E-state index >= 15 is 0 Å². The SMILES string of the molecule is COC(=O)c1cc([N+](=O)[O-])cc([N+](=O)[O-])c1N1CCC(C(=O)N2CCC(C)CC2)CC1. The lowest BCUT2D eigenvalue weighted by molar-refractivity contribution is -0.393. The van der Waals surface area contributed by atoms with Crippen LogP contribution in [0.15, 0.2) is 12.1 Å². The molecule has 1 aromatic carbocycles. The summed E-state index contributed by atoms with van der Waals surface area (Å²) in [5, 5.41) is 22.8. The summed E-state index contributed by atoms with van der Waals surface area (Å²) >= 11 is 0. The first kappa shape index (κ1) is 22.4. The van der Waals surface area contributed by atoms with Crippen LogP contribution in [0, 0.1) is 32.1 Å². The van der Waals surface area contributed by atoms with Crippen LogP contribution in [0.3, 0.4) is 0 Å².